The average Bonchev–Trinajstić information content (AvgIpc) is 3.33. The van der Waals surface area contributed by atoms with E-state index in [9.17, 15) is 4.39 Å². The summed E-state index contributed by atoms with van der Waals surface area (Å²) < 4.78 is 32.3. The highest BCUT2D eigenvalue weighted by Crippen LogP contribution is 2.32. The van der Waals surface area contributed by atoms with Crippen molar-refractivity contribution in [1.82, 2.24) is 24.9 Å². The number of piperidine rings is 1. The van der Waals surface area contributed by atoms with Crippen LogP contribution in [0.4, 0.5) is 10.3 Å². The first-order valence-corrected chi connectivity index (χ1v) is 11.2. The highest BCUT2D eigenvalue weighted by molar-refractivity contribution is 5.96. The van der Waals surface area contributed by atoms with Crippen LogP contribution in [0.25, 0.3) is 16.6 Å². The molecule has 1 aliphatic rings. The molecule has 0 spiro atoms. The Balaban J connectivity index is 1.60. The Morgan fingerprint density at radius 2 is 1.94 bits per heavy atom. The van der Waals surface area contributed by atoms with E-state index in [1.807, 2.05) is 18.2 Å². The second kappa shape index (κ2) is 9.30. The molecule has 9 nitrogen and oxygen atoms in total. The maximum Gasteiger partial charge on any atom is 0.226 e. The zero-order valence-electron chi connectivity index (χ0n) is 19.4. The number of aromatic nitrogens is 4. The Kier molecular flexibility index (Phi) is 6.06. The molecule has 0 bridgehead atoms. The maximum atomic E-state index is 14.4. The number of halogens is 1. The lowest BCUT2D eigenvalue weighted by molar-refractivity contribution is 0.391. The molecule has 1 atom stereocenters. The smallest absolute Gasteiger partial charge is 0.226 e. The van der Waals surface area contributed by atoms with Crippen molar-refractivity contribution in [2.75, 3.05) is 39.7 Å². The first-order valence-electron chi connectivity index (χ1n) is 11.2. The van der Waals surface area contributed by atoms with Gasteiger partial charge in [0.25, 0.3) is 0 Å². The molecule has 1 fully saturated rings. The van der Waals surface area contributed by atoms with Gasteiger partial charge in [0.2, 0.25) is 5.95 Å². The maximum absolute atomic E-state index is 14.4. The highest BCUT2D eigenvalue weighted by Gasteiger charge is 2.23. The SMILES string of the molecule is COc1ccc(CNc2nc3c(OC)cc(F)cc3c3nc([C@@H]4CCCNC4)nn23)c(OC)c1. The van der Waals surface area contributed by atoms with Crippen molar-refractivity contribution in [3.05, 3.63) is 47.5 Å². The molecule has 1 aliphatic heterocycles. The number of benzene rings is 2. The van der Waals surface area contributed by atoms with Crippen LogP contribution in [0.15, 0.2) is 30.3 Å². The van der Waals surface area contributed by atoms with Crippen molar-refractivity contribution < 1.29 is 18.6 Å². The van der Waals surface area contributed by atoms with Crippen molar-refractivity contribution in [2.45, 2.75) is 25.3 Å². The summed E-state index contributed by atoms with van der Waals surface area (Å²) in [6.45, 7) is 2.23. The van der Waals surface area contributed by atoms with E-state index in [0.717, 1.165) is 37.3 Å². The first-order chi connectivity index (χ1) is 16.6. The molecule has 2 N–H and O–H groups in total. The number of fused-ring (bicyclic) bond motifs is 3. The van der Waals surface area contributed by atoms with Crippen LogP contribution in [0.3, 0.4) is 0 Å². The van der Waals surface area contributed by atoms with Gasteiger partial charge in [-0.15, -0.1) is 5.10 Å². The average molecular weight is 467 g/mol. The van der Waals surface area contributed by atoms with Crippen LogP contribution in [-0.2, 0) is 6.54 Å². The fraction of sp³-hybridized carbons (Fsp3) is 0.375. The number of hydrogen-bond acceptors (Lipinski definition) is 8. The quantitative estimate of drug-likeness (QED) is 0.427. The third-order valence-electron chi connectivity index (χ3n) is 6.14. The topological polar surface area (TPSA) is 94.8 Å². The Morgan fingerprint density at radius 3 is 2.68 bits per heavy atom. The molecule has 0 amide bonds. The minimum absolute atomic E-state index is 0.189. The van der Waals surface area contributed by atoms with Crippen molar-refractivity contribution in [3.63, 3.8) is 0 Å². The molecule has 10 heteroatoms. The number of ether oxygens (including phenoxy) is 3. The second-order valence-electron chi connectivity index (χ2n) is 8.22. The van der Waals surface area contributed by atoms with E-state index in [2.05, 4.69) is 10.6 Å². The number of anilines is 1. The minimum Gasteiger partial charge on any atom is -0.497 e. The summed E-state index contributed by atoms with van der Waals surface area (Å²) >= 11 is 0. The standard InChI is InChI=1S/C24H27FN6O3/c1-32-17-7-6-14(19(11-17)33-2)13-27-24-28-21-18(9-16(25)10-20(21)34-3)23-29-22(30-31(23)24)15-5-4-8-26-12-15/h6-7,9-11,15,26H,4-5,8,12-13H2,1-3H3,(H,27,28)/t15-/m1/s1. The van der Waals surface area contributed by atoms with E-state index < -0.39 is 5.82 Å². The Labute approximate surface area is 196 Å². The third kappa shape index (κ3) is 4.05. The van der Waals surface area contributed by atoms with Gasteiger partial charge in [0.05, 0.1) is 26.7 Å². The summed E-state index contributed by atoms with van der Waals surface area (Å²) in [7, 11) is 4.73. The lowest BCUT2D eigenvalue weighted by Crippen LogP contribution is -2.29. The van der Waals surface area contributed by atoms with Gasteiger partial charge in [0, 0.05) is 36.7 Å². The zero-order valence-corrected chi connectivity index (χ0v) is 19.4. The molecule has 1 saturated heterocycles. The second-order valence-corrected chi connectivity index (χ2v) is 8.22. The molecule has 5 rings (SSSR count). The van der Waals surface area contributed by atoms with Gasteiger partial charge in [0.15, 0.2) is 11.5 Å². The summed E-state index contributed by atoms with van der Waals surface area (Å²) in [4.78, 5) is 9.58. The van der Waals surface area contributed by atoms with Crippen LogP contribution in [0, 0.1) is 5.82 Å². The van der Waals surface area contributed by atoms with Gasteiger partial charge in [-0.05, 0) is 37.6 Å². The van der Waals surface area contributed by atoms with Crippen LogP contribution in [-0.4, -0.2) is 54.0 Å². The summed E-state index contributed by atoms with van der Waals surface area (Å²) in [5.41, 5.74) is 1.97. The molecular weight excluding hydrogens is 439 g/mol. The van der Waals surface area contributed by atoms with Crippen LogP contribution in [0.5, 0.6) is 17.2 Å². The van der Waals surface area contributed by atoms with Gasteiger partial charge in [0.1, 0.15) is 28.6 Å². The predicted molar refractivity (Wildman–Crippen MR) is 127 cm³/mol. The molecule has 34 heavy (non-hydrogen) atoms. The normalized spacial score (nSPS) is 16.1. The number of methoxy groups -OCH3 is 3. The van der Waals surface area contributed by atoms with E-state index in [1.54, 1.807) is 18.7 Å². The van der Waals surface area contributed by atoms with Gasteiger partial charge in [-0.2, -0.15) is 4.52 Å². The van der Waals surface area contributed by atoms with Gasteiger partial charge < -0.3 is 24.8 Å². The van der Waals surface area contributed by atoms with Crippen molar-refractivity contribution in [2.24, 2.45) is 0 Å². The lowest BCUT2D eigenvalue weighted by Gasteiger charge is -2.19. The van der Waals surface area contributed by atoms with E-state index in [1.165, 1.54) is 19.2 Å². The fourth-order valence-corrected chi connectivity index (χ4v) is 4.35. The molecular formula is C24H27FN6O3. The molecule has 0 saturated carbocycles. The molecule has 3 heterocycles. The van der Waals surface area contributed by atoms with Crippen LogP contribution in [0.2, 0.25) is 0 Å². The number of nitrogens with zero attached hydrogens (tertiary/aromatic N) is 4. The summed E-state index contributed by atoms with van der Waals surface area (Å²) in [5.74, 6) is 2.71. The van der Waals surface area contributed by atoms with Gasteiger partial charge in [-0.25, -0.2) is 14.4 Å². The predicted octanol–water partition coefficient (Wildman–Crippen LogP) is 3.52. The van der Waals surface area contributed by atoms with E-state index >= 15 is 0 Å². The fourth-order valence-electron chi connectivity index (χ4n) is 4.35. The van der Waals surface area contributed by atoms with Gasteiger partial charge >= 0.3 is 0 Å². The summed E-state index contributed by atoms with van der Waals surface area (Å²) in [6, 6.07) is 8.38. The Morgan fingerprint density at radius 1 is 1.09 bits per heavy atom. The van der Waals surface area contributed by atoms with E-state index in [0.29, 0.717) is 46.3 Å². The van der Waals surface area contributed by atoms with Crippen LogP contribution < -0.4 is 24.8 Å². The molecule has 2 aromatic heterocycles. The first kappa shape index (κ1) is 22.1. The summed E-state index contributed by atoms with van der Waals surface area (Å²) in [5, 5.41) is 12.1. The number of nitrogens with one attached hydrogen (secondary N) is 2. The van der Waals surface area contributed by atoms with Crippen molar-refractivity contribution in [1.29, 1.82) is 0 Å². The van der Waals surface area contributed by atoms with Crippen molar-refractivity contribution >= 4 is 22.5 Å². The molecule has 4 aromatic rings. The van der Waals surface area contributed by atoms with Gasteiger partial charge in [-0.1, -0.05) is 0 Å². The molecule has 2 aromatic carbocycles. The summed E-state index contributed by atoms with van der Waals surface area (Å²) in [6.07, 6.45) is 2.06. The van der Waals surface area contributed by atoms with Gasteiger partial charge in [-0.3, -0.25) is 0 Å². The van der Waals surface area contributed by atoms with Crippen LogP contribution >= 0.6 is 0 Å². The monoisotopic (exact) mass is 466 g/mol. The zero-order chi connectivity index (χ0) is 23.7. The lowest BCUT2D eigenvalue weighted by atomic mass is 9.99. The van der Waals surface area contributed by atoms with Crippen molar-refractivity contribution in [3.8, 4) is 17.2 Å². The number of hydrogen-bond donors (Lipinski definition) is 2. The molecule has 0 radical (unpaired) electrons. The Hall–Kier alpha value is -3.66. The van der Waals surface area contributed by atoms with E-state index in [-0.39, 0.29) is 5.92 Å². The largest absolute Gasteiger partial charge is 0.497 e. The minimum atomic E-state index is -0.416. The molecule has 0 aliphatic carbocycles. The van der Waals surface area contributed by atoms with Crippen LogP contribution in [0.1, 0.15) is 30.1 Å². The van der Waals surface area contributed by atoms with E-state index in [4.69, 9.17) is 29.3 Å². The molecule has 0 unspecified atom stereocenters. The third-order valence-corrected chi connectivity index (χ3v) is 6.14. The molecule has 178 valence electrons. The number of rotatable bonds is 7. The Bertz CT molecular complexity index is 1340. The highest BCUT2D eigenvalue weighted by atomic mass is 19.1.